The quantitative estimate of drug-likeness (QED) is 0.904. The Morgan fingerprint density at radius 3 is 2.67 bits per heavy atom. The standard InChI is InChI=1S/C17H30N4/c1-3-14-13-21(15-8-5-6-9-15)17(19-14)20(4-2)16-10-7-11-18-12-16/h13,15-16,18H,3-12H2,1-2H3. The van der Waals surface area contributed by atoms with E-state index in [-0.39, 0.29) is 0 Å². The Morgan fingerprint density at radius 2 is 2.05 bits per heavy atom. The summed E-state index contributed by atoms with van der Waals surface area (Å²) in [4.78, 5) is 7.53. The lowest BCUT2D eigenvalue weighted by Gasteiger charge is -2.35. The first-order valence-electron chi connectivity index (χ1n) is 8.88. The number of nitrogens with zero attached hydrogens (tertiary/aromatic N) is 3. The minimum absolute atomic E-state index is 0.607. The fraction of sp³-hybridized carbons (Fsp3) is 0.824. The molecule has 0 aromatic carbocycles. The van der Waals surface area contributed by atoms with Crippen LogP contribution in [0.3, 0.4) is 0 Å². The van der Waals surface area contributed by atoms with Gasteiger partial charge in [0.1, 0.15) is 0 Å². The molecule has 2 heterocycles. The molecule has 1 atom stereocenters. The van der Waals surface area contributed by atoms with E-state index >= 15 is 0 Å². The molecular weight excluding hydrogens is 260 g/mol. The van der Waals surface area contributed by atoms with E-state index in [1.165, 1.54) is 56.7 Å². The van der Waals surface area contributed by atoms with Gasteiger partial charge in [0.25, 0.3) is 0 Å². The largest absolute Gasteiger partial charge is 0.338 e. The van der Waals surface area contributed by atoms with Crippen molar-refractivity contribution in [3.8, 4) is 0 Å². The zero-order chi connectivity index (χ0) is 14.7. The minimum atomic E-state index is 0.607. The van der Waals surface area contributed by atoms with Gasteiger partial charge in [-0.25, -0.2) is 4.98 Å². The van der Waals surface area contributed by atoms with Gasteiger partial charge < -0.3 is 14.8 Å². The minimum Gasteiger partial charge on any atom is -0.338 e. The van der Waals surface area contributed by atoms with E-state index in [9.17, 15) is 0 Å². The van der Waals surface area contributed by atoms with Crippen LogP contribution >= 0.6 is 0 Å². The number of aromatic nitrogens is 2. The van der Waals surface area contributed by atoms with Crippen molar-refractivity contribution in [2.75, 3.05) is 24.5 Å². The van der Waals surface area contributed by atoms with E-state index in [1.54, 1.807) is 0 Å². The summed E-state index contributed by atoms with van der Waals surface area (Å²) >= 11 is 0. The second-order valence-corrected chi connectivity index (χ2v) is 6.52. The van der Waals surface area contributed by atoms with Gasteiger partial charge in [-0.15, -0.1) is 0 Å². The van der Waals surface area contributed by atoms with Gasteiger partial charge >= 0.3 is 0 Å². The van der Waals surface area contributed by atoms with Crippen molar-refractivity contribution in [3.05, 3.63) is 11.9 Å². The number of rotatable bonds is 5. The maximum absolute atomic E-state index is 4.98. The van der Waals surface area contributed by atoms with Gasteiger partial charge in [0.2, 0.25) is 5.95 Å². The third-order valence-corrected chi connectivity index (χ3v) is 5.15. The molecule has 4 nitrogen and oxygen atoms in total. The van der Waals surface area contributed by atoms with Crippen LogP contribution < -0.4 is 10.2 Å². The second-order valence-electron chi connectivity index (χ2n) is 6.52. The Kier molecular flexibility index (Phi) is 4.84. The van der Waals surface area contributed by atoms with Gasteiger partial charge in [-0.3, -0.25) is 0 Å². The van der Waals surface area contributed by atoms with Crippen LogP contribution in [0.1, 0.15) is 64.1 Å². The van der Waals surface area contributed by atoms with Crippen molar-refractivity contribution < 1.29 is 0 Å². The predicted molar refractivity (Wildman–Crippen MR) is 88.0 cm³/mol. The summed E-state index contributed by atoms with van der Waals surface area (Å²) in [6, 6.07) is 1.29. The number of aryl methyl sites for hydroxylation is 1. The zero-order valence-electron chi connectivity index (χ0n) is 13.6. The van der Waals surface area contributed by atoms with Gasteiger partial charge in [0.15, 0.2) is 0 Å². The van der Waals surface area contributed by atoms with E-state index in [0.29, 0.717) is 12.1 Å². The van der Waals surface area contributed by atoms with E-state index in [2.05, 4.69) is 34.8 Å². The lowest BCUT2D eigenvalue weighted by molar-refractivity contribution is 0.420. The summed E-state index contributed by atoms with van der Waals surface area (Å²) < 4.78 is 2.50. The highest BCUT2D eigenvalue weighted by Gasteiger charge is 2.27. The Labute approximate surface area is 128 Å². The number of anilines is 1. The van der Waals surface area contributed by atoms with E-state index in [0.717, 1.165) is 19.5 Å². The highest BCUT2D eigenvalue weighted by atomic mass is 15.3. The van der Waals surface area contributed by atoms with Crippen LogP contribution in [-0.2, 0) is 6.42 Å². The summed E-state index contributed by atoms with van der Waals surface area (Å²) in [5, 5.41) is 3.55. The van der Waals surface area contributed by atoms with Crippen molar-refractivity contribution in [2.45, 2.75) is 70.9 Å². The molecule has 1 aromatic heterocycles. The molecule has 1 unspecified atom stereocenters. The van der Waals surface area contributed by atoms with Gasteiger partial charge in [0.05, 0.1) is 5.69 Å². The van der Waals surface area contributed by atoms with Crippen molar-refractivity contribution >= 4 is 5.95 Å². The molecule has 1 saturated heterocycles. The lowest BCUT2D eigenvalue weighted by atomic mass is 10.1. The number of nitrogens with one attached hydrogen (secondary N) is 1. The lowest BCUT2D eigenvalue weighted by Crippen LogP contribution is -2.47. The SMILES string of the molecule is CCc1cn(C2CCCC2)c(N(CC)C2CCCNC2)n1. The summed E-state index contributed by atoms with van der Waals surface area (Å²) in [5.41, 5.74) is 1.25. The Hall–Kier alpha value is -1.03. The highest BCUT2D eigenvalue weighted by Crippen LogP contribution is 2.34. The number of hydrogen-bond donors (Lipinski definition) is 1. The van der Waals surface area contributed by atoms with E-state index in [1.807, 2.05) is 0 Å². The van der Waals surface area contributed by atoms with E-state index < -0.39 is 0 Å². The first-order chi connectivity index (χ1) is 10.3. The molecule has 2 aliphatic rings. The molecule has 1 saturated carbocycles. The van der Waals surface area contributed by atoms with Crippen LogP contribution in [0.15, 0.2) is 6.20 Å². The molecule has 0 bridgehead atoms. The molecular formula is C17H30N4. The van der Waals surface area contributed by atoms with Crippen molar-refractivity contribution in [3.63, 3.8) is 0 Å². The smallest absolute Gasteiger partial charge is 0.206 e. The first kappa shape index (κ1) is 14.9. The fourth-order valence-electron chi connectivity index (χ4n) is 3.93. The summed E-state index contributed by atoms with van der Waals surface area (Å²) in [5.74, 6) is 1.23. The first-order valence-corrected chi connectivity index (χ1v) is 8.88. The van der Waals surface area contributed by atoms with Crippen molar-refractivity contribution in [2.24, 2.45) is 0 Å². The maximum atomic E-state index is 4.98. The van der Waals surface area contributed by atoms with E-state index in [4.69, 9.17) is 4.98 Å². The molecule has 1 aliphatic heterocycles. The topological polar surface area (TPSA) is 33.1 Å². The molecule has 1 aliphatic carbocycles. The number of likely N-dealkylation sites (N-methyl/N-ethyl adjacent to an activating group) is 1. The van der Waals surface area contributed by atoms with Crippen molar-refractivity contribution in [1.29, 1.82) is 0 Å². The van der Waals surface area contributed by atoms with Crippen LogP contribution in [0.25, 0.3) is 0 Å². The normalized spacial score (nSPS) is 23.6. The third kappa shape index (κ3) is 3.10. The average molecular weight is 290 g/mol. The molecule has 4 heteroatoms. The zero-order valence-corrected chi connectivity index (χ0v) is 13.6. The summed E-state index contributed by atoms with van der Waals surface area (Å²) in [6.45, 7) is 7.81. The van der Waals surface area contributed by atoms with Crippen LogP contribution in [-0.4, -0.2) is 35.2 Å². The average Bonchev–Trinajstić information content (AvgIpc) is 3.18. The number of piperidine rings is 1. The molecule has 2 fully saturated rings. The van der Waals surface area contributed by atoms with Crippen LogP contribution in [0, 0.1) is 0 Å². The summed E-state index contributed by atoms with van der Waals surface area (Å²) in [6.07, 6.45) is 11.3. The number of imidazole rings is 1. The predicted octanol–water partition coefficient (Wildman–Crippen LogP) is 3.14. The molecule has 118 valence electrons. The monoisotopic (exact) mass is 290 g/mol. The van der Waals surface area contributed by atoms with Crippen LogP contribution in [0.4, 0.5) is 5.95 Å². The molecule has 3 rings (SSSR count). The molecule has 0 spiro atoms. The van der Waals surface area contributed by atoms with Gasteiger partial charge in [0, 0.05) is 31.4 Å². The van der Waals surface area contributed by atoms with Gasteiger partial charge in [-0.2, -0.15) is 0 Å². The van der Waals surface area contributed by atoms with Crippen LogP contribution in [0.2, 0.25) is 0 Å². The number of hydrogen-bond acceptors (Lipinski definition) is 3. The molecule has 21 heavy (non-hydrogen) atoms. The summed E-state index contributed by atoms with van der Waals surface area (Å²) in [7, 11) is 0. The molecule has 1 N–H and O–H groups in total. The van der Waals surface area contributed by atoms with Crippen molar-refractivity contribution in [1.82, 2.24) is 14.9 Å². The Bertz CT molecular complexity index is 442. The Balaban J connectivity index is 1.88. The second kappa shape index (κ2) is 6.82. The maximum Gasteiger partial charge on any atom is 0.206 e. The molecule has 0 radical (unpaired) electrons. The van der Waals surface area contributed by atoms with Gasteiger partial charge in [-0.05, 0) is 45.6 Å². The molecule has 1 aromatic rings. The van der Waals surface area contributed by atoms with Crippen LogP contribution in [0.5, 0.6) is 0 Å². The molecule has 0 amide bonds. The Morgan fingerprint density at radius 1 is 1.24 bits per heavy atom. The highest BCUT2D eigenvalue weighted by molar-refractivity contribution is 5.36. The third-order valence-electron chi connectivity index (χ3n) is 5.15. The fourth-order valence-corrected chi connectivity index (χ4v) is 3.93. The van der Waals surface area contributed by atoms with Gasteiger partial charge in [-0.1, -0.05) is 19.8 Å².